The Morgan fingerprint density at radius 3 is 2.04 bits per heavy atom. The van der Waals surface area contributed by atoms with Crippen LogP contribution in [-0.4, -0.2) is 17.0 Å². The number of carboxylic acids is 1. The van der Waals surface area contributed by atoms with Crippen molar-refractivity contribution in [2.24, 2.45) is 0 Å². The lowest BCUT2D eigenvalue weighted by Gasteiger charge is -2.15. The predicted octanol–water partition coefficient (Wildman–Crippen LogP) is 2.59. The number of carbonyl (C=O) groups is 2. The Kier molecular flexibility index (Phi) is 5.00. The average molecular weight is 323 g/mol. The molecular weight excluding hydrogens is 311 g/mol. The summed E-state index contributed by atoms with van der Waals surface area (Å²) >= 11 is 0. The highest BCUT2D eigenvalue weighted by Gasteiger charge is 2.22. The molecule has 0 saturated heterocycles. The topological polar surface area (TPSA) is 66.4 Å². The number of rotatable bonds is 5. The minimum atomic E-state index is -1.39. The fourth-order valence-corrected chi connectivity index (χ4v) is 2.05. The van der Waals surface area contributed by atoms with Crippen LogP contribution in [-0.2, 0) is 16.0 Å². The van der Waals surface area contributed by atoms with Gasteiger partial charge in [0.05, 0.1) is 6.42 Å². The number of carbonyl (C=O) groups excluding carboxylic acids is 1. The molecule has 0 radical (unpaired) electrons. The largest absolute Gasteiger partial charge is 0.479 e. The Balaban J connectivity index is 2.12. The Hall–Kier alpha value is -2.83. The van der Waals surface area contributed by atoms with Crippen molar-refractivity contribution in [2.75, 3.05) is 0 Å². The monoisotopic (exact) mass is 323 g/mol. The molecule has 120 valence electrons. The van der Waals surface area contributed by atoms with Crippen LogP contribution in [0.3, 0.4) is 0 Å². The molecular formula is C16H12F3NO3. The zero-order valence-electron chi connectivity index (χ0n) is 11.7. The number of aliphatic carboxylic acids is 1. The zero-order chi connectivity index (χ0) is 17.0. The van der Waals surface area contributed by atoms with E-state index in [0.717, 1.165) is 24.3 Å². The molecule has 0 heterocycles. The van der Waals surface area contributed by atoms with E-state index in [0.29, 0.717) is 6.07 Å². The molecule has 0 aliphatic heterocycles. The van der Waals surface area contributed by atoms with E-state index in [-0.39, 0.29) is 17.5 Å². The van der Waals surface area contributed by atoms with Crippen LogP contribution in [0.15, 0.2) is 42.5 Å². The van der Waals surface area contributed by atoms with Crippen molar-refractivity contribution in [3.63, 3.8) is 0 Å². The summed E-state index contributed by atoms with van der Waals surface area (Å²) in [6.45, 7) is 0. The van der Waals surface area contributed by atoms with E-state index in [4.69, 9.17) is 0 Å². The Morgan fingerprint density at radius 2 is 1.52 bits per heavy atom. The van der Waals surface area contributed by atoms with Crippen LogP contribution >= 0.6 is 0 Å². The lowest BCUT2D eigenvalue weighted by molar-refractivity contribution is -0.142. The van der Waals surface area contributed by atoms with Crippen LogP contribution < -0.4 is 5.32 Å². The molecule has 2 N–H and O–H groups in total. The summed E-state index contributed by atoms with van der Waals surface area (Å²) in [7, 11) is 0. The number of benzene rings is 2. The van der Waals surface area contributed by atoms with Gasteiger partial charge in [0.2, 0.25) is 5.91 Å². The first kappa shape index (κ1) is 16.5. The number of hydrogen-bond donors (Lipinski definition) is 2. The van der Waals surface area contributed by atoms with E-state index in [2.05, 4.69) is 5.32 Å². The molecule has 2 aromatic rings. The lowest BCUT2D eigenvalue weighted by Crippen LogP contribution is -2.34. The molecule has 0 aliphatic carbocycles. The third-order valence-corrected chi connectivity index (χ3v) is 3.04. The van der Waals surface area contributed by atoms with Crippen molar-refractivity contribution in [1.82, 2.24) is 5.32 Å². The highest BCUT2D eigenvalue weighted by Crippen LogP contribution is 2.15. The van der Waals surface area contributed by atoms with Crippen LogP contribution in [0.4, 0.5) is 13.2 Å². The van der Waals surface area contributed by atoms with E-state index >= 15 is 0 Å². The van der Waals surface area contributed by atoms with Gasteiger partial charge in [-0.15, -0.1) is 0 Å². The number of halogens is 3. The second kappa shape index (κ2) is 6.95. The maximum atomic E-state index is 13.1. The van der Waals surface area contributed by atoms with Crippen molar-refractivity contribution >= 4 is 11.9 Å². The van der Waals surface area contributed by atoms with Crippen molar-refractivity contribution in [3.8, 4) is 0 Å². The highest BCUT2D eigenvalue weighted by molar-refractivity contribution is 5.85. The standard InChI is InChI=1S/C16H12F3NO3/c17-11-3-1-10(2-4-11)15(16(22)23)20-14(21)7-9-5-12(18)8-13(19)6-9/h1-6,8,15H,7H2,(H,20,21)(H,22,23). The third kappa shape index (κ3) is 4.57. The molecule has 7 heteroatoms. The van der Waals surface area contributed by atoms with E-state index in [1.54, 1.807) is 0 Å². The fraction of sp³-hybridized carbons (Fsp3) is 0.125. The van der Waals surface area contributed by atoms with Crippen LogP contribution in [0.25, 0.3) is 0 Å². The second-order valence-corrected chi connectivity index (χ2v) is 4.84. The number of hydrogen-bond acceptors (Lipinski definition) is 2. The molecule has 0 aliphatic rings. The molecule has 2 aromatic carbocycles. The second-order valence-electron chi connectivity index (χ2n) is 4.84. The minimum absolute atomic E-state index is 0.0724. The fourth-order valence-electron chi connectivity index (χ4n) is 2.05. The SMILES string of the molecule is O=C(Cc1cc(F)cc(F)c1)NC(C(=O)O)c1ccc(F)cc1. The van der Waals surface area contributed by atoms with Gasteiger partial charge < -0.3 is 10.4 Å². The van der Waals surface area contributed by atoms with E-state index < -0.39 is 35.4 Å². The summed E-state index contributed by atoms with van der Waals surface area (Å²) in [5, 5.41) is 11.4. The van der Waals surface area contributed by atoms with E-state index in [1.165, 1.54) is 12.1 Å². The van der Waals surface area contributed by atoms with Gasteiger partial charge in [-0.05, 0) is 35.4 Å². The van der Waals surface area contributed by atoms with E-state index in [9.17, 15) is 27.9 Å². The van der Waals surface area contributed by atoms with Crippen LogP contribution in [0.5, 0.6) is 0 Å². The Labute approximate surface area is 129 Å². The molecule has 0 bridgehead atoms. The van der Waals surface area contributed by atoms with Crippen LogP contribution in [0, 0.1) is 17.5 Å². The molecule has 0 aromatic heterocycles. The minimum Gasteiger partial charge on any atom is -0.479 e. The first-order chi connectivity index (χ1) is 10.8. The molecule has 2 rings (SSSR count). The Morgan fingerprint density at radius 1 is 0.957 bits per heavy atom. The molecule has 1 amide bonds. The quantitative estimate of drug-likeness (QED) is 0.889. The smallest absolute Gasteiger partial charge is 0.330 e. The van der Waals surface area contributed by atoms with Gasteiger partial charge in [0, 0.05) is 6.07 Å². The maximum absolute atomic E-state index is 13.1. The number of carboxylic acid groups (broad SMARTS) is 1. The molecule has 1 unspecified atom stereocenters. The molecule has 0 spiro atoms. The summed E-state index contributed by atoms with van der Waals surface area (Å²) < 4.78 is 39.0. The van der Waals surface area contributed by atoms with Gasteiger partial charge in [0.1, 0.15) is 17.5 Å². The van der Waals surface area contributed by atoms with Gasteiger partial charge in [-0.1, -0.05) is 12.1 Å². The summed E-state index contributed by atoms with van der Waals surface area (Å²) in [5.41, 5.74) is 0.251. The van der Waals surface area contributed by atoms with Crippen molar-refractivity contribution < 1.29 is 27.9 Å². The predicted molar refractivity (Wildman–Crippen MR) is 75.0 cm³/mol. The normalized spacial score (nSPS) is 11.8. The van der Waals surface area contributed by atoms with Gasteiger partial charge in [0.15, 0.2) is 6.04 Å². The van der Waals surface area contributed by atoms with Gasteiger partial charge in [0.25, 0.3) is 0 Å². The first-order valence-corrected chi connectivity index (χ1v) is 6.58. The average Bonchev–Trinajstić information content (AvgIpc) is 2.44. The summed E-state index contributed by atoms with van der Waals surface area (Å²) in [5.74, 6) is -4.27. The molecule has 0 saturated carbocycles. The maximum Gasteiger partial charge on any atom is 0.330 e. The first-order valence-electron chi connectivity index (χ1n) is 6.58. The van der Waals surface area contributed by atoms with Gasteiger partial charge in [-0.3, -0.25) is 4.79 Å². The highest BCUT2D eigenvalue weighted by atomic mass is 19.1. The summed E-state index contributed by atoms with van der Waals surface area (Å²) in [6.07, 6.45) is -0.389. The van der Waals surface area contributed by atoms with Gasteiger partial charge in [-0.25, -0.2) is 18.0 Å². The van der Waals surface area contributed by atoms with Gasteiger partial charge >= 0.3 is 5.97 Å². The summed E-state index contributed by atoms with van der Waals surface area (Å²) in [4.78, 5) is 23.1. The van der Waals surface area contributed by atoms with Crippen molar-refractivity contribution in [2.45, 2.75) is 12.5 Å². The molecule has 1 atom stereocenters. The number of nitrogens with one attached hydrogen (secondary N) is 1. The molecule has 4 nitrogen and oxygen atoms in total. The molecule has 23 heavy (non-hydrogen) atoms. The van der Waals surface area contributed by atoms with Crippen molar-refractivity contribution in [3.05, 3.63) is 71.0 Å². The van der Waals surface area contributed by atoms with Crippen molar-refractivity contribution in [1.29, 1.82) is 0 Å². The summed E-state index contributed by atoms with van der Waals surface area (Å²) in [6, 6.07) is 5.85. The van der Waals surface area contributed by atoms with E-state index in [1.807, 2.05) is 0 Å². The molecule has 0 fully saturated rings. The Bertz CT molecular complexity index is 712. The van der Waals surface area contributed by atoms with Crippen LogP contribution in [0.2, 0.25) is 0 Å². The zero-order valence-corrected chi connectivity index (χ0v) is 11.7. The lowest BCUT2D eigenvalue weighted by atomic mass is 10.1. The van der Waals surface area contributed by atoms with Gasteiger partial charge in [-0.2, -0.15) is 0 Å². The van der Waals surface area contributed by atoms with Crippen LogP contribution in [0.1, 0.15) is 17.2 Å². The third-order valence-electron chi connectivity index (χ3n) is 3.04. The number of amides is 1.